The molecule has 5 rings (SSSR count). The van der Waals surface area contributed by atoms with Crippen LogP contribution in [0.1, 0.15) is 48.5 Å². The molecule has 1 atom stereocenters. The fourth-order valence-corrected chi connectivity index (χ4v) is 4.72. The Morgan fingerprint density at radius 1 is 0.972 bits per heavy atom. The highest BCUT2D eigenvalue weighted by molar-refractivity contribution is 5.98. The molecule has 0 bridgehead atoms. The van der Waals surface area contributed by atoms with Crippen LogP contribution in [0.3, 0.4) is 0 Å². The number of hydrogen-bond acceptors (Lipinski definition) is 3. The first-order valence-electron chi connectivity index (χ1n) is 12.5. The summed E-state index contributed by atoms with van der Waals surface area (Å²) in [5.74, 6) is 0.713. The van der Waals surface area contributed by atoms with Gasteiger partial charge in [-0.3, -0.25) is 9.59 Å². The van der Waals surface area contributed by atoms with Gasteiger partial charge in [0.15, 0.2) is 5.82 Å². The Bertz CT molecular complexity index is 1320. The van der Waals surface area contributed by atoms with Gasteiger partial charge in [-0.1, -0.05) is 44.2 Å². The van der Waals surface area contributed by atoms with Gasteiger partial charge in [0.1, 0.15) is 5.56 Å². The van der Waals surface area contributed by atoms with E-state index in [1.165, 1.54) is 5.56 Å². The topological polar surface area (TPSA) is 72.2 Å². The molecular formula is C29H31N5O2. The molecule has 7 nitrogen and oxygen atoms in total. The van der Waals surface area contributed by atoms with Crippen LogP contribution in [0, 0.1) is 5.92 Å². The van der Waals surface area contributed by atoms with Gasteiger partial charge in [-0.2, -0.15) is 5.10 Å². The molecule has 1 unspecified atom stereocenters. The first-order valence-corrected chi connectivity index (χ1v) is 12.5. The van der Waals surface area contributed by atoms with Gasteiger partial charge in [-0.05, 0) is 60.7 Å². The summed E-state index contributed by atoms with van der Waals surface area (Å²) in [6.07, 6.45) is 6.98. The summed E-state index contributed by atoms with van der Waals surface area (Å²) in [7, 11) is 0. The maximum absolute atomic E-state index is 13.7. The maximum Gasteiger partial charge on any atom is 0.259 e. The summed E-state index contributed by atoms with van der Waals surface area (Å²) in [5, 5.41) is 7.60. The number of carbonyl (C=O) groups excluding carboxylic acids is 2. The van der Waals surface area contributed by atoms with Crippen molar-refractivity contribution in [2.45, 2.75) is 32.6 Å². The third kappa shape index (κ3) is 4.82. The average Bonchev–Trinajstić information content (AvgIpc) is 3.59. The number of rotatable bonds is 6. The van der Waals surface area contributed by atoms with Gasteiger partial charge in [0, 0.05) is 31.2 Å². The zero-order valence-electron chi connectivity index (χ0n) is 20.7. The van der Waals surface area contributed by atoms with Gasteiger partial charge >= 0.3 is 0 Å². The maximum atomic E-state index is 13.7. The zero-order chi connectivity index (χ0) is 25.1. The van der Waals surface area contributed by atoms with Gasteiger partial charge in [-0.15, -0.1) is 0 Å². The fourth-order valence-electron chi connectivity index (χ4n) is 4.72. The van der Waals surface area contributed by atoms with E-state index in [2.05, 4.69) is 24.3 Å². The monoisotopic (exact) mass is 481 g/mol. The summed E-state index contributed by atoms with van der Waals surface area (Å²) in [6.45, 7) is 5.29. The number of anilines is 1. The highest BCUT2D eigenvalue weighted by atomic mass is 16.2. The van der Waals surface area contributed by atoms with Gasteiger partial charge in [0.05, 0.1) is 17.8 Å². The lowest BCUT2D eigenvalue weighted by Crippen LogP contribution is -2.44. The average molecular weight is 482 g/mol. The molecule has 1 fully saturated rings. The van der Waals surface area contributed by atoms with Gasteiger partial charge < -0.3 is 14.8 Å². The smallest absolute Gasteiger partial charge is 0.259 e. The van der Waals surface area contributed by atoms with Crippen molar-refractivity contribution < 1.29 is 9.59 Å². The second-order valence-electron chi connectivity index (χ2n) is 9.58. The van der Waals surface area contributed by atoms with Crippen LogP contribution in [0.4, 0.5) is 5.69 Å². The molecule has 1 aliphatic rings. The summed E-state index contributed by atoms with van der Waals surface area (Å²) >= 11 is 0. The molecule has 36 heavy (non-hydrogen) atoms. The minimum absolute atomic E-state index is 0.0459. The molecule has 2 aromatic carbocycles. The van der Waals surface area contributed by atoms with Crippen molar-refractivity contribution >= 4 is 17.5 Å². The lowest BCUT2D eigenvalue weighted by atomic mass is 9.96. The van der Waals surface area contributed by atoms with E-state index in [1.54, 1.807) is 15.8 Å². The number of likely N-dealkylation sites (tertiary alicyclic amines) is 1. The number of aromatic nitrogens is 3. The molecule has 184 valence electrons. The molecule has 1 N–H and O–H groups in total. The van der Waals surface area contributed by atoms with Gasteiger partial charge in [-0.25, -0.2) is 4.68 Å². The van der Waals surface area contributed by atoms with E-state index in [0.717, 1.165) is 24.2 Å². The van der Waals surface area contributed by atoms with Crippen LogP contribution in [-0.2, 0) is 4.79 Å². The minimum Gasteiger partial charge on any atom is -0.338 e. The van der Waals surface area contributed by atoms with Crippen LogP contribution in [-0.4, -0.2) is 44.2 Å². The van der Waals surface area contributed by atoms with E-state index >= 15 is 0 Å². The van der Waals surface area contributed by atoms with E-state index in [4.69, 9.17) is 0 Å². The van der Waals surface area contributed by atoms with Crippen molar-refractivity contribution in [3.05, 3.63) is 96.4 Å². The normalized spacial score (nSPS) is 15.8. The van der Waals surface area contributed by atoms with E-state index in [0.29, 0.717) is 30.4 Å². The summed E-state index contributed by atoms with van der Waals surface area (Å²) in [5.41, 5.74) is 3.41. The number of carbonyl (C=O) groups is 2. The van der Waals surface area contributed by atoms with E-state index in [9.17, 15) is 9.59 Å². The third-order valence-electron chi connectivity index (χ3n) is 6.75. The molecule has 1 saturated heterocycles. The van der Waals surface area contributed by atoms with Crippen molar-refractivity contribution in [3.8, 4) is 11.5 Å². The molecule has 0 aliphatic carbocycles. The molecular weight excluding hydrogens is 450 g/mol. The van der Waals surface area contributed by atoms with Crippen molar-refractivity contribution in [1.29, 1.82) is 0 Å². The van der Waals surface area contributed by atoms with E-state index < -0.39 is 0 Å². The Balaban J connectivity index is 1.35. The second-order valence-corrected chi connectivity index (χ2v) is 9.58. The molecule has 0 saturated carbocycles. The Morgan fingerprint density at radius 2 is 1.69 bits per heavy atom. The SMILES string of the molecule is CC(C)c1ccc(NC(=O)C2CCCN(C(=O)c3cnn(-c4ccccc4)c3-n3cccc3)C2)cc1. The number of piperidine rings is 1. The molecule has 2 aromatic heterocycles. The predicted octanol–water partition coefficient (Wildman–Crippen LogP) is 5.28. The van der Waals surface area contributed by atoms with Gasteiger partial charge in [0.2, 0.25) is 5.91 Å². The predicted molar refractivity (Wildman–Crippen MR) is 141 cm³/mol. The first kappa shape index (κ1) is 23.6. The van der Waals surface area contributed by atoms with E-state index in [1.807, 2.05) is 83.7 Å². The Labute approximate surface area is 211 Å². The van der Waals surface area contributed by atoms with Crippen molar-refractivity contribution in [3.63, 3.8) is 0 Å². The Hall–Kier alpha value is -4.13. The number of para-hydroxylation sites is 1. The van der Waals surface area contributed by atoms with Crippen molar-refractivity contribution in [2.24, 2.45) is 5.92 Å². The summed E-state index contributed by atoms with van der Waals surface area (Å²) in [4.78, 5) is 28.6. The fraction of sp³-hybridized carbons (Fsp3) is 0.276. The van der Waals surface area contributed by atoms with Crippen molar-refractivity contribution in [2.75, 3.05) is 18.4 Å². The molecule has 1 aliphatic heterocycles. The van der Waals surface area contributed by atoms with Crippen LogP contribution in [0.5, 0.6) is 0 Å². The summed E-state index contributed by atoms with van der Waals surface area (Å²) in [6, 6.07) is 21.6. The Kier molecular flexibility index (Phi) is 6.71. The highest BCUT2D eigenvalue weighted by Gasteiger charge is 2.31. The Morgan fingerprint density at radius 3 is 2.39 bits per heavy atom. The molecule has 2 amide bonds. The highest BCUT2D eigenvalue weighted by Crippen LogP contribution is 2.25. The molecule has 3 heterocycles. The standard InChI is InChI=1S/C29H31N5O2/c1-21(2)22-12-14-24(15-13-22)31-27(35)23-9-8-18-33(20-23)29(36)26-19-30-34(25-10-4-3-5-11-25)28(26)32-16-6-7-17-32/h3-7,10-17,19,21,23H,8-9,18,20H2,1-2H3,(H,31,35). The minimum atomic E-state index is -0.258. The molecule has 0 spiro atoms. The van der Waals surface area contributed by atoms with Crippen LogP contribution in [0.15, 0.2) is 85.3 Å². The van der Waals surface area contributed by atoms with Crippen LogP contribution >= 0.6 is 0 Å². The number of nitrogens with one attached hydrogen (secondary N) is 1. The van der Waals surface area contributed by atoms with Gasteiger partial charge in [0.25, 0.3) is 5.91 Å². The lowest BCUT2D eigenvalue weighted by Gasteiger charge is -2.32. The largest absolute Gasteiger partial charge is 0.338 e. The number of amides is 2. The van der Waals surface area contributed by atoms with Crippen molar-refractivity contribution in [1.82, 2.24) is 19.2 Å². The number of benzene rings is 2. The first-order chi connectivity index (χ1) is 17.5. The van der Waals surface area contributed by atoms with E-state index in [-0.39, 0.29) is 17.7 Å². The molecule has 0 radical (unpaired) electrons. The second kappa shape index (κ2) is 10.2. The molecule has 4 aromatic rings. The quantitative estimate of drug-likeness (QED) is 0.407. The summed E-state index contributed by atoms with van der Waals surface area (Å²) < 4.78 is 3.68. The third-order valence-corrected chi connectivity index (χ3v) is 6.75. The lowest BCUT2D eigenvalue weighted by molar-refractivity contribution is -0.121. The number of hydrogen-bond donors (Lipinski definition) is 1. The van der Waals surface area contributed by atoms with Crippen LogP contribution < -0.4 is 5.32 Å². The number of nitrogens with zero attached hydrogens (tertiary/aromatic N) is 4. The molecule has 7 heteroatoms. The van der Waals surface area contributed by atoms with Crippen LogP contribution in [0.25, 0.3) is 11.5 Å². The zero-order valence-corrected chi connectivity index (χ0v) is 20.7. The van der Waals surface area contributed by atoms with Crippen LogP contribution in [0.2, 0.25) is 0 Å².